The van der Waals surface area contributed by atoms with Gasteiger partial charge in [-0.1, -0.05) is 54.9 Å². The summed E-state index contributed by atoms with van der Waals surface area (Å²) in [6.07, 6.45) is 2.49. The number of amides is 1. The van der Waals surface area contributed by atoms with Gasteiger partial charge in [0, 0.05) is 42.8 Å². The maximum absolute atomic E-state index is 12.6. The van der Waals surface area contributed by atoms with E-state index in [1.807, 2.05) is 36.1 Å². The zero-order chi connectivity index (χ0) is 17.6. The lowest BCUT2D eigenvalue weighted by molar-refractivity contribution is -0.119. The number of anilines is 1. The number of hydrogen-bond donors (Lipinski definition) is 0. The molecule has 1 saturated heterocycles. The second-order valence-electron chi connectivity index (χ2n) is 6.59. The third-order valence-corrected chi connectivity index (χ3v) is 5.06. The van der Waals surface area contributed by atoms with E-state index in [0.29, 0.717) is 11.4 Å². The Morgan fingerprint density at radius 2 is 1.84 bits per heavy atom. The monoisotopic (exact) mass is 356 g/mol. The Labute approximate surface area is 155 Å². The minimum Gasteiger partial charge on any atom is -0.309 e. The molecular weight excluding hydrogens is 332 g/mol. The molecule has 0 aliphatic carbocycles. The summed E-state index contributed by atoms with van der Waals surface area (Å²) in [5.74, 6) is 0.170. The third-order valence-electron chi connectivity index (χ3n) is 4.83. The highest BCUT2D eigenvalue weighted by Crippen LogP contribution is 2.27. The summed E-state index contributed by atoms with van der Waals surface area (Å²) in [5.41, 5.74) is 2.26. The molecule has 2 aromatic rings. The van der Waals surface area contributed by atoms with Crippen LogP contribution < -0.4 is 4.90 Å². The molecule has 3 nitrogen and oxygen atoms in total. The van der Waals surface area contributed by atoms with Gasteiger partial charge < -0.3 is 4.90 Å². The van der Waals surface area contributed by atoms with E-state index in [9.17, 15) is 4.79 Å². The molecule has 1 aliphatic rings. The van der Waals surface area contributed by atoms with Crippen molar-refractivity contribution in [3.63, 3.8) is 0 Å². The SMILES string of the molecule is CCC(=O)N(c1cccc(Cl)c1)C1CCN(Cc2ccccc2)CC1. The Bertz CT molecular complexity index is 696. The normalized spacial score (nSPS) is 15.9. The maximum atomic E-state index is 12.6. The van der Waals surface area contributed by atoms with Gasteiger partial charge in [0.05, 0.1) is 0 Å². The highest BCUT2D eigenvalue weighted by molar-refractivity contribution is 6.30. The molecule has 2 aromatic carbocycles. The first-order chi connectivity index (χ1) is 12.2. The second kappa shape index (κ2) is 8.50. The number of hydrogen-bond acceptors (Lipinski definition) is 2. The lowest BCUT2D eigenvalue weighted by Gasteiger charge is -2.38. The summed E-state index contributed by atoms with van der Waals surface area (Å²) < 4.78 is 0. The van der Waals surface area contributed by atoms with Gasteiger partial charge in [0.1, 0.15) is 0 Å². The van der Waals surface area contributed by atoms with Gasteiger partial charge in [0.15, 0.2) is 0 Å². The summed E-state index contributed by atoms with van der Waals surface area (Å²) >= 11 is 6.14. The van der Waals surface area contributed by atoms with Crippen LogP contribution in [0.2, 0.25) is 5.02 Å². The first-order valence-electron chi connectivity index (χ1n) is 9.01. The molecule has 132 valence electrons. The predicted octanol–water partition coefficient (Wildman–Crippen LogP) is 4.75. The number of likely N-dealkylation sites (tertiary alicyclic amines) is 1. The summed E-state index contributed by atoms with van der Waals surface area (Å²) in [7, 11) is 0. The van der Waals surface area contributed by atoms with Gasteiger partial charge in [-0.15, -0.1) is 0 Å². The molecule has 0 bridgehead atoms. The fraction of sp³-hybridized carbons (Fsp3) is 0.381. The molecule has 25 heavy (non-hydrogen) atoms. The highest BCUT2D eigenvalue weighted by Gasteiger charge is 2.28. The number of carbonyl (C=O) groups excluding carboxylic acids is 1. The molecule has 0 saturated carbocycles. The van der Waals surface area contributed by atoms with Crippen molar-refractivity contribution in [1.29, 1.82) is 0 Å². The van der Waals surface area contributed by atoms with E-state index in [2.05, 4.69) is 35.2 Å². The van der Waals surface area contributed by atoms with Crippen molar-refractivity contribution in [3.05, 3.63) is 65.2 Å². The summed E-state index contributed by atoms with van der Waals surface area (Å²) in [4.78, 5) is 17.0. The molecule has 0 atom stereocenters. The average molecular weight is 357 g/mol. The molecule has 1 aliphatic heterocycles. The molecule has 1 fully saturated rings. The van der Waals surface area contributed by atoms with E-state index in [-0.39, 0.29) is 11.9 Å². The smallest absolute Gasteiger partial charge is 0.226 e. The van der Waals surface area contributed by atoms with Crippen molar-refractivity contribution in [2.24, 2.45) is 0 Å². The van der Waals surface area contributed by atoms with Crippen LogP contribution in [0.5, 0.6) is 0 Å². The number of nitrogens with zero attached hydrogens (tertiary/aromatic N) is 2. The van der Waals surface area contributed by atoms with Crippen LogP contribution in [0, 0.1) is 0 Å². The van der Waals surface area contributed by atoms with Crippen molar-refractivity contribution < 1.29 is 4.79 Å². The van der Waals surface area contributed by atoms with Crippen LogP contribution >= 0.6 is 11.6 Å². The Kier molecular flexibility index (Phi) is 6.11. The topological polar surface area (TPSA) is 23.6 Å². The van der Waals surface area contributed by atoms with E-state index in [1.54, 1.807) is 0 Å². The van der Waals surface area contributed by atoms with Gasteiger partial charge in [-0.05, 0) is 36.6 Å². The van der Waals surface area contributed by atoms with Crippen LogP contribution in [-0.4, -0.2) is 29.9 Å². The van der Waals surface area contributed by atoms with E-state index >= 15 is 0 Å². The van der Waals surface area contributed by atoms with E-state index in [4.69, 9.17) is 11.6 Å². The van der Waals surface area contributed by atoms with E-state index in [0.717, 1.165) is 38.2 Å². The Hall–Kier alpha value is -1.84. The highest BCUT2D eigenvalue weighted by atomic mass is 35.5. The number of benzene rings is 2. The van der Waals surface area contributed by atoms with Crippen LogP contribution in [0.3, 0.4) is 0 Å². The Morgan fingerprint density at radius 3 is 2.48 bits per heavy atom. The van der Waals surface area contributed by atoms with Crippen LogP contribution in [0.25, 0.3) is 0 Å². The zero-order valence-electron chi connectivity index (χ0n) is 14.7. The molecular formula is C21H25ClN2O. The van der Waals surface area contributed by atoms with Crippen molar-refractivity contribution in [2.45, 2.75) is 38.8 Å². The zero-order valence-corrected chi connectivity index (χ0v) is 15.5. The molecule has 0 N–H and O–H groups in total. The van der Waals surface area contributed by atoms with Crippen LogP contribution in [-0.2, 0) is 11.3 Å². The summed E-state index contributed by atoms with van der Waals surface area (Å²) in [6.45, 7) is 4.91. The molecule has 1 amide bonds. The van der Waals surface area contributed by atoms with E-state index in [1.165, 1.54) is 5.56 Å². The van der Waals surface area contributed by atoms with Crippen molar-refractivity contribution >= 4 is 23.2 Å². The number of carbonyl (C=O) groups is 1. The van der Waals surface area contributed by atoms with Gasteiger partial charge >= 0.3 is 0 Å². The van der Waals surface area contributed by atoms with Gasteiger partial charge in [-0.3, -0.25) is 9.69 Å². The van der Waals surface area contributed by atoms with E-state index < -0.39 is 0 Å². The quantitative estimate of drug-likeness (QED) is 0.772. The fourth-order valence-electron chi connectivity index (χ4n) is 3.53. The number of halogens is 1. The van der Waals surface area contributed by atoms with Crippen molar-refractivity contribution in [1.82, 2.24) is 4.90 Å². The fourth-order valence-corrected chi connectivity index (χ4v) is 3.72. The molecule has 0 radical (unpaired) electrons. The lowest BCUT2D eigenvalue weighted by atomic mass is 10.0. The standard InChI is InChI=1S/C21H25ClN2O/c1-2-21(25)24(20-10-6-9-18(22)15-20)19-11-13-23(14-12-19)16-17-7-4-3-5-8-17/h3-10,15,19H,2,11-14,16H2,1H3. The number of piperidine rings is 1. The lowest BCUT2D eigenvalue weighted by Crippen LogP contribution is -2.47. The first-order valence-corrected chi connectivity index (χ1v) is 9.39. The Balaban J connectivity index is 1.67. The largest absolute Gasteiger partial charge is 0.309 e. The predicted molar refractivity (Wildman–Crippen MR) is 104 cm³/mol. The molecule has 3 rings (SSSR count). The molecule has 4 heteroatoms. The van der Waals surface area contributed by atoms with Gasteiger partial charge in [0.25, 0.3) is 0 Å². The first kappa shape index (κ1) is 18.0. The molecule has 1 heterocycles. The average Bonchev–Trinajstić information content (AvgIpc) is 2.64. The third kappa shape index (κ3) is 4.62. The van der Waals surface area contributed by atoms with Crippen LogP contribution in [0.15, 0.2) is 54.6 Å². The summed E-state index contributed by atoms with van der Waals surface area (Å²) in [5, 5.41) is 0.674. The second-order valence-corrected chi connectivity index (χ2v) is 7.03. The molecule has 0 unspecified atom stereocenters. The minimum absolute atomic E-state index is 0.170. The molecule has 0 spiro atoms. The van der Waals surface area contributed by atoms with Crippen LogP contribution in [0.4, 0.5) is 5.69 Å². The molecule has 0 aromatic heterocycles. The van der Waals surface area contributed by atoms with Crippen LogP contribution in [0.1, 0.15) is 31.7 Å². The van der Waals surface area contributed by atoms with Crippen molar-refractivity contribution in [3.8, 4) is 0 Å². The summed E-state index contributed by atoms with van der Waals surface area (Å²) in [6, 6.07) is 18.5. The Morgan fingerprint density at radius 1 is 1.12 bits per heavy atom. The van der Waals surface area contributed by atoms with Gasteiger partial charge in [0.2, 0.25) is 5.91 Å². The van der Waals surface area contributed by atoms with Crippen molar-refractivity contribution in [2.75, 3.05) is 18.0 Å². The minimum atomic E-state index is 0.170. The van der Waals surface area contributed by atoms with Gasteiger partial charge in [-0.25, -0.2) is 0 Å². The maximum Gasteiger partial charge on any atom is 0.226 e. The number of rotatable bonds is 5. The van der Waals surface area contributed by atoms with Gasteiger partial charge in [-0.2, -0.15) is 0 Å².